The summed E-state index contributed by atoms with van der Waals surface area (Å²) in [6, 6.07) is 25.0. The maximum atomic E-state index is 13.4. The number of hydrogen-bond donors (Lipinski definition) is 2. The van der Waals surface area contributed by atoms with E-state index in [-0.39, 0.29) is 25.0 Å². The second-order valence-electron chi connectivity index (χ2n) is 8.17. The Morgan fingerprint density at radius 1 is 0.943 bits per heavy atom. The zero-order chi connectivity index (χ0) is 24.6. The van der Waals surface area contributed by atoms with E-state index in [2.05, 4.69) is 10.6 Å². The number of benzene rings is 3. The molecule has 0 saturated carbocycles. The lowest BCUT2D eigenvalue weighted by molar-refractivity contribution is -0.126. The van der Waals surface area contributed by atoms with E-state index in [9.17, 15) is 14.4 Å². The van der Waals surface area contributed by atoms with Crippen molar-refractivity contribution in [2.75, 3.05) is 19.0 Å². The molecule has 3 aromatic carbocycles. The zero-order valence-electron chi connectivity index (χ0n) is 19.3. The third kappa shape index (κ3) is 6.04. The quantitative estimate of drug-likeness (QED) is 0.495. The summed E-state index contributed by atoms with van der Waals surface area (Å²) < 4.78 is 10.6. The van der Waals surface area contributed by atoms with Gasteiger partial charge in [-0.2, -0.15) is 0 Å². The summed E-state index contributed by atoms with van der Waals surface area (Å²) in [6.07, 6.45) is -1.42. The van der Waals surface area contributed by atoms with Crippen LogP contribution in [0.1, 0.15) is 22.8 Å². The second-order valence-corrected chi connectivity index (χ2v) is 8.17. The van der Waals surface area contributed by atoms with E-state index < -0.39 is 18.2 Å². The molecule has 2 unspecified atom stereocenters. The third-order valence-corrected chi connectivity index (χ3v) is 5.63. The standard InChI is InChI=1S/C27H27N3O5/c1-34-18-23(31)29-22-14-8-13-21(15-22)25-24(26(32)28-16-19-9-4-2-5-10-19)30(27(33)35-25)17-20-11-6-3-7-12-20/h2-15,24-25H,16-18H2,1H3,(H,28,32)(H,29,31). The van der Waals surface area contributed by atoms with Crippen LogP contribution < -0.4 is 10.6 Å². The summed E-state index contributed by atoms with van der Waals surface area (Å²) in [4.78, 5) is 39.8. The lowest BCUT2D eigenvalue weighted by Gasteiger charge is -2.24. The van der Waals surface area contributed by atoms with Gasteiger partial charge in [0.2, 0.25) is 11.8 Å². The van der Waals surface area contributed by atoms with Crippen LogP contribution in [-0.2, 0) is 32.2 Å². The van der Waals surface area contributed by atoms with E-state index in [0.29, 0.717) is 17.8 Å². The summed E-state index contributed by atoms with van der Waals surface area (Å²) in [5, 5.41) is 5.68. The molecule has 1 fully saturated rings. The molecular weight excluding hydrogens is 446 g/mol. The van der Waals surface area contributed by atoms with Crippen molar-refractivity contribution in [2.24, 2.45) is 0 Å². The average Bonchev–Trinajstić information content (AvgIpc) is 3.20. The van der Waals surface area contributed by atoms with Crippen LogP contribution in [0.4, 0.5) is 10.5 Å². The van der Waals surface area contributed by atoms with E-state index in [1.807, 2.05) is 60.7 Å². The Kier molecular flexibility index (Phi) is 7.74. The van der Waals surface area contributed by atoms with Crippen LogP contribution in [-0.4, -0.2) is 42.6 Å². The average molecular weight is 474 g/mol. The van der Waals surface area contributed by atoms with Crippen molar-refractivity contribution in [3.8, 4) is 0 Å². The highest BCUT2D eigenvalue weighted by Gasteiger charge is 2.47. The maximum Gasteiger partial charge on any atom is 0.411 e. The molecule has 2 atom stereocenters. The first kappa shape index (κ1) is 24.0. The summed E-state index contributed by atoms with van der Waals surface area (Å²) in [6.45, 7) is 0.464. The number of methoxy groups -OCH3 is 1. The molecule has 1 heterocycles. The van der Waals surface area contributed by atoms with E-state index in [1.54, 1.807) is 24.3 Å². The van der Waals surface area contributed by atoms with Gasteiger partial charge in [-0.25, -0.2) is 4.79 Å². The van der Waals surface area contributed by atoms with Gasteiger partial charge in [0, 0.05) is 19.3 Å². The number of cyclic esters (lactones) is 1. The molecule has 8 heteroatoms. The number of carbonyl (C=O) groups is 3. The molecule has 0 radical (unpaired) electrons. The van der Waals surface area contributed by atoms with Gasteiger partial charge in [0.15, 0.2) is 12.1 Å². The summed E-state index contributed by atoms with van der Waals surface area (Å²) in [5.74, 6) is -0.634. The van der Waals surface area contributed by atoms with Crippen molar-refractivity contribution >= 4 is 23.6 Å². The van der Waals surface area contributed by atoms with Gasteiger partial charge in [-0.15, -0.1) is 0 Å². The van der Waals surface area contributed by atoms with Gasteiger partial charge in [-0.05, 0) is 28.8 Å². The Labute approximate surface area is 203 Å². The molecule has 1 aliphatic rings. The molecule has 1 saturated heterocycles. The topological polar surface area (TPSA) is 97.0 Å². The maximum absolute atomic E-state index is 13.4. The van der Waals surface area contributed by atoms with Crippen LogP contribution in [0.2, 0.25) is 0 Å². The number of anilines is 1. The molecule has 4 rings (SSSR count). The predicted octanol–water partition coefficient (Wildman–Crippen LogP) is 3.65. The summed E-state index contributed by atoms with van der Waals surface area (Å²) in [7, 11) is 1.44. The van der Waals surface area contributed by atoms with Gasteiger partial charge in [0.1, 0.15) is 6.61 Å². The van der Waals surface area contributed by atoms with Crippen molar-refractivity contribution in [1.82, 2.24) is 10.2 Å². The Morgan fingerprint density at radius 2 is 1.63 bits per heavy atom. The normalized spacial score (nSPS) is 17.1. The molecule has 180 valence electrons. The van der Waals surface area contributed by atoms with Crippen molar-refractivity contribution in [2.45, 2.75) is 25.2 Å². The largest absolute Gasteiger partial charge is 0.438 e. The number of hydrogen-bond acceptors (Lipinski definition) is 5. The van der Waals surface area contributed by atoms with E-state index >= 15 is 0 Å². The Morgan fingerprint density at radius 3 is 2.31 bits per heavy atom. The first-order valence-electron chi connectivity index (χ1n) is 11.3. The lowest BCUT2D eigenvalue weighted by atomic mass is 10.00. The third-order valence-electron chi connectivity index (χ3n) is 5.63. The molecule has 3 amide bonds. The first-order chi connectivity index (χ1) is 17.0. The number of nitrogens with one attached hydrogen (secondary N) is 2. The van der Waals surface area contributed by atoms with Gasteiger partial charge in [0.25, 0.3) is 0 Å². The van der Waals surface area contributed by atoms with Gasteiger partial charge in [0.05, 0.1) is 6.54 Å². The van der Waals surface area contributed by atoms with Crippen molar-refractivity contribution < 1.29 is 23.9 Å². The van der Waals surface area contributed by atoms with Crippen LogP contribution in [0.25, 0.3) is 0 Å². The molecule has 0 aromatic heterocycles. The highest BCUT2D eigenvalue weighted by molar-refractivity contribution is 5.92. The van der Waals surface area contributed by atoms with Gasteiger partial charge in [-0.3, -0.25) is 14.5 Å². The van der Waals surface area contributed by atoms with Gasteiger partial charge in [-0.1, -0.05) is 72.8 Å². The van der Waals surface area contributed by atoms with Crippen molar-refractivity contribution in [3.63, 3.8) is 0 Å². The molecule has 1 aliphatic heterocycles. The fraction of sp³-hybridized carbons (Fsp3) is 0.222. The second kappa shape index (κ2) is 11.3. The van der Waals surface area contributed by atoms with Crippen LogP contribution in [0.3, 0.4) is 0 Å². The molecule has 0 bridgehead atoms. The number of rotatable bonds is 9. The summed E-state index contributed by atoms with van der Waals surface area (Å²) >= 11 is 0. The van der Waals surface area contributed by atoms with Crippen LogP contribution >= 0.6 is 0 Å². The highest BCUT2D eigenvalue weighted by atomic mass is 16.6. The first-order valence-corrected chi connectivity index (χ1v) is 11.3. The summed E-state index contributed by atoms with van der Waals surface area (Å²) in [5.41, 5.74) is 2.95. The Bertz CT molecular complexity index is 1170. The Hall–Kier alpha value is -4.17. The Balaban J connectivity index is 1.60. The highest BCUT2D eigenvalue weighted by Crippen LogP contribution is 2.35. The van der Waals surface area contributed by atoms with Crippen LogP contribution in [0.5, 0.6) is 0 Å². The smallest absolute Gasteiger partial charge is 0.411 e. The molecule has 2 N–H and O–H groups in total. The fourth-order valence-corrected chi connectivity index (χ4v) is 4.00. The molecule has 0 spiro atoms. The predicted molar refractivity (Wildman–Crippen MR) is 130 cm³/mol. The minimum atomic E-state index is -0.892. The van der Waals surface area contributed by atoms with E-state index in [0.717, 1.165) is 11.1 Å². The van der Waals surface area contributed by atoms with Gasteiger partial charge >= 0.3 is 6.09 Å². The lowest BCUT2D eigenvalue weighted by Crippen LogP contribution is -2.46. The monoisotopic (exact) mass is 473 g/mol. The molecular formula is C27H27N3O5. The molecule has 3 aromatic rings. The van der Waals surface area contributed by atoms with Crippen LogP contribution in [0.15, 0.2) is 84.9 Å². The minimum Gasteiger partial charge on any atom is -0.438 e. The van der Waals surface area contributed by atoms with Crippen molar-refractivity contribution in [3.05, 3.63) is 102 Å². The van der Waals surface area contributed by atoms with Crippen LogP contribution in [0, 0.1) is 0 Å². The fourth-order valence-electron chi connectivity index (χ4n) is 4.00. The minimum absolute atomic E-state index is 0.0853. The number of ether oxygens (including phenoxy) is 2. The van der Waals surface area contributed by atoms with E-state index in [1.165, 1.54) is 12.0 Å². The van der Waals surface area contributed by atoms with E-state index in [4.69, 9.17) is 9.47 Å². The number of nitrogens with zero attached hydrogens (tertiary/aromatic N) is 1. The number of carbonyl (C=O) groups excluding carboxylic acids is 3. The molecule has 8 nitrogen and oxygen atoms in total. The zero-order valence-corrected chi connectivity index (χ0v) is 19.3. The van der Waals surface area contributed by atoms with Crippen molar-refractivity contribution in [1.29, 1.82) is 0 Å². The van der Waals surface area contributed by atoms with Gasteiger partial charge < -0.3 is 20.1 Å². The molecule has 0 aliphatic carbocycles. The molecule has 35 heavy (non-hydrogen) atoms. The number of amides is 3. The SMILES string of the molecule is COCC(=O)Nc1cccc(C2OC(=O)N(Cc3ccccc3)C2C(=O)NCc2ccccc2)c1.